The summed E-state index contributed by atoms with van der Waals surface area (Å²) < 4.78 is 11.0. The predicted molar refractivity (Wildman–Crippen MR) is 66.6 cm³/mol. The van der Waals surface area contributed by atoms with E-state index in [1.165, 1.54) is 13.8 Å². The maximum atomic E-state index is 10.6. The van der Waals surface area contributed by atoms with E-state index in [2.05, 4.69) is 15.9 Å². The highest BCUT2D eigenvalue weighted by molar-refractivity contribution is 9.10. The molecule has 0 heterocycles. The number of benzene rings is 1. The lowest BCUT2D eigenvalue weighted by Crippen LogP contribution is -2.33. The second-order valence-electron chi connectivity index (χ2n) is 3.82. The third kappa shape index (κ3) is 5.70. The highest BCUT2D eigenvalue weighted by Crippen LogP contribution is 2.22. The lowest BCUT2D eigenvalue weighted by atomic mass is 10.2. The number of esters is 1. The monoisotopic (exact) mass is 302 g/mol. The Morgan fingerprint density at radius 1 is 1.53 bits per heavy atom. The van der Waals surface area contributed by atoms with Crippen molar-refractivity contribution in [2.75, 3.05) is 6.61 Å². The van der Waals surface area contributed by atoms with E-state index in [0.717, 1.165) is 4.47 Å². The van der Waals surface area contributed by atoms with Crippen LogP contribution in [-0.4, -0.2) is 23.5 Å². The first-order chi connectivity index (χ1) is 7.89. The van der Waals surface area contributed by atoms with Crippen LogP contribution in [0, 0.1) is 0 Å². The Hall–Kier alpha value is -1.07. The molecule has 0 bridgehead atoms. The summed E-state index contributed by atoms with van der Waals surface area (Å²) in [6.45, 7) is 2.97. The van der Waals surface area contributed by atoms with Gasteiger partial charge in [0.25, 0.3) is 0 Å². The fourth-order valence-electron chi connectivity index (χ4n) is 1.22. The van der Waals surface area contributed by atoms with Gasteiger partial charge in [0.15, 0.2) is 0 Å². The van der Waals surface area contributed by atoms with E-state index in [-0.39, 0.29) is 19.0 Å². The van der Waals surface area contributed by atoms with Gasteiger partial charge in [0, 0.05) is 24.7 Å². The van der Waals surface area contributed by atoms with Gasteiger partial charge in [-0.2, -0.15) is 0 Å². The van der Waals surface area contributed by atoms with Gasteiger partial charge in [-0.15, -0.1) is 0 Å². The van der Waals surface area contributed by atoms with E-state index in [0.29, 0.717) is 5.75 Å². The van der Waals surface area contributed by atoms with Crippen LogP contribution in [0.4, 0.5) is 0 Å². The molecule has 1 aromatic rings. The molecule has 0 saturated carbocycles. The molecule has 17 heavy (non-hydrogen) atoms. The minimum Gasteiger partial charge on any atom is -0.466 e. The standard InChI is InChI=1S/C12H15BrO4/c1-9(14)16-7-6-12(2,15)17-11-5-3-4-10(13)8-11/h3-5,8,15H,6-7H2,1-2H3. The predicted octanol–water partition coefficient (Wildman–Crippen LogP) is 2.49. The molecule has 0 amide bonds. The molecular weight excluding hydrogens is 288 g/mol. The lowest BCUT2D eigenvalue weighted by molar-refractivity contribution is -0.153. The van der Waals surface area contributed by atoms with E-state index in [1.54, 1.807) is 12.1 Å². The van der Waals surface area contributed by atoms with E-state index < -0.39 is 5.79 Å². The molecular formula is C12H15BrO4. The molecule has 0 aromatic heterocycles. The van der Waals surface area contributed by atoms with Gasteiger partial charge in [-0.25, -0.2) is 0 Å². The van der Waals surface area contributed by atoms with Crippen molar-refractivity contribution >= 4 is 21.9 Å². The summed E-state index contributed by atoms with van der Waals surface area (Å²) in [5.41, 5.74) is 0. The Labute approximate surface area is 109 Å². The molecule has 0 aliphatic heterocycles. The fourth-order valence-corrected chi connectivity index (χ4v) is 1.60. The van der Waals surface area contributed by atoms with Crippen molar-refractivity contribution in [3.63, 3.8) is 0 Å². The van der Waals surface area contributed by atoms with Crippen LogP contribution < -0.4 is 4.74 Å². The summed E-state index contributed by atoms with van der Waals surface area (Å²) in [7, 11) is 0. The minimum atomic E-state index is -1.36. The van der Waals surface area contributed by atoms with Gasteiger partial charge in [0.05, 0.1) is 6.61 Å². The van der Waals surface area contributed by atoms with Crippen molar-refractivity contribution in [1.82, 2.24) is 0 Å². The Bertz CT molecular complexity index is 390. The number of halogens is 1. The minimum absolute atomic E-state index is 0.121. The molecule has 0 aliphatic carbocycles. The number of rotatable bonds is 5. The van der Waals surface area contributed by atoms with Crippen molar-refractivity contribution in [2.45, 2.75) is 26.1 Å². The van der Waals surface area contributed by atoms with Gasteiger partial charge in [0.1, 0.15) is 5.75 Å². The molecule has 1 aromatic carbocycles. The number of aliphatic hydroxyl groups is 1. The molecule has 0 aliphatic rings. The van der Waals surface area contributed by atoms with E-state index >= 15 is 0 Å². The van der Waals surface area contributed by atoms with Crippen LogP contribution in [0.3, 0.4) is 0 Å². The fraction of sp³-hybridized carbons (Fsp3) is 0.417. The van der Waals surface area contributed by atoms with Crippen molar-refractivity contribution in [2.24, 2.45) is 0 Å². The molecule has 0 saturated heterocycles. The molecule has 1 rings (SSSR count). The summed E-state index contributed by atoms with van der Waals surface area (Å²) >= 11 is 3.31. The van der Waals surface area contributed by atoms with Gasteiger partial charge in [0.2, 0.25) is 5.79 Å². The van der Waals surface area contributed by atoms with Gasteiger partial charge >= 0.3 is 5.97 Å². The Morgan fingerprint density at radius 2 is 2.24 bits per heavy atom. The topological polar surface area (TPSA) is 55.8 Å². The third-order valence-electron chi connectivity index (χ3n) is 2.01. The molecule has 4 nitrogen and oxygen atoms in total. The molecule has 0 fully saturated rings. The van der Waals surface area contributed by atoms with Gasteiger partial charge in [-0.3, -0.25) is 4.79 Å². The summed E-state index contributed by atoms with van der Waals surface area (Å²) in [4.78, 5) is 10.6. The summed E-state index contributed by atoms with van der Waals surface area (Å²) in [6, 6.07) is 7.16. The average molecular weight is 303 g/mol. The van der Waals surface area contributed by atoms with Crippen LogP contribution in [0.5, 0.6) is 5.75 Å². The maximum Gasteiger partial charge on any atom is 0.302 e. The Kier molecular flexibility index (Phi) is 4.96. The molecule has 94 valence electrons. The normalized spacial score (nSPS) is 13.9. The van der Waals surface area contributed by atoms with Crippen molar-refractivity contribution < 1.29 is 19.4 Å². The van der Waals surface area contributed by atoms with Gasteiger partial charge in [-0.05, 0) is 18.2 Å². The van der Waals surface area contributed by atoms with Crippen LogP contribution >= 0.6 is 15.9 Å². The van der Waals surface area contributed by atoms with Crippen LogP contribution in [0.2, 0.25) is 0 Å². The first kappa shape index (κ1) is 14.0. The van der Waals surface area contributed by atoms with Gasteiger partial charge < -0.3 is 14.6 Å². The van der Waals surface area contributed by atoms with Crippen LogP contribution in [0.25, 0.3) is 0 Å². The number of ether oxygens (including phenoxy) is 2. The first-order valence-electron chi connectivity index (χ1n) is 5.19. The molecule has 5 heteroatoms. The Morgan fingerprint density at radius 3 is 2.82 bits per heavy atom. The highest BCUT2D eigenvalue weighted by atomic mass is 79.9. The quantitative estimate of drug-likeness (QED) is 0.671. The molecule has 1 unspecified atom stereocenters. The van der Waals surface area contributed by atoms with Crippen molar-refractivity contribution in [1.29, 1.82) is 0 Å². The maximum absolute atomic E-state index is 10.6. The second-order valence-corrected chi connectivity index (χ2v) is 4.74. The molecule has 0 radical (unpaired) electrons. The largest absolute Gasteiger partial charge is 0.466 e. The zero-order valence-corrected chi connectivity index (χ0v) is 11.4. The van der Waals surface area contributed by atoms with Gasteiger partial charge in [-0.1, -0.05) is 22.0 Å². The van der Waals surface area contributed by atoms with Crippen LogP contribution in [0.1, 0.15) is 20.3 Å². The van der Waals surface area contributed by atoms with E-state index in [1.807, 2.05) is 12.1 Å². The zero-order chi connectivity index (χ0) is 12.9. The average Bonchev–Trinajstić information content (AvgIpc) is 2.15. The SMILES string of the molecule is CC(=O)OCCC(C)(O)Oc1cccc(Br)c1. The molecule has 1 N–H and O–H groups in total. The number of hydrogen-bond acceptors (Lipinski definition) is 4. The van der Waals surface area contributed by atoms with E-state index in [9.17, 15) is 9.90 Å². The zero-order valence-electron chi connectivity index (χ0n) is 9.77. The number of carbonyl (C=O) groups excluding carboxylic acids is 1. The number of carbonyl (C=O) groups is 1. The third-order valence-corrected chi connectivity index (χ3v) is 2.50. The summed E-state index contributed by atoms with van der Waals surface area (Å²) in [5, 5.41) is 9.94. The van der Waals surface area contributed by atoms with Crippen LogP contribution in [-0.2, 0) is 9.53 Å². The summed E-state index contributed by atoms with van der Waals surface area (Å²) in [6.07, 6.45) is 0.207. The van der Waals surface area contributed by atoms with E-state index in [4.69, 9.17) is 9.47 Å². The second kappa shape index (κ2) is 6.02. The summed E-state index contributed by atoms with van der Waals surface area (Å²) in [5.74, 6) is -1.19. The highest BCUT2D eigenvalue weighted by Gasteiger charge is 2.22. The van der Waals surface area contributed by atoms with Crippen molar-refractivity contribution in [3.8, 4) is 5.75 Å². The lowest BCUT2D eigenvalue weighted by Gasteiger charge is -2.24. The Balaban J connectivity index is 2.51. The van der Waals surface area contributed by atoms with Crippen molar-refractivity contribution in [3.05, 3.63) is 28.7 Å². The molecule has 0 spiro atoms. The van der Waals surface area contributed by atoms with Crippen LogP contribution in [0.15, 0.2) is 28.7 Å². The first-order valence-corrected chi connectivity index (χ1v) is 5.99. The smallest absolute Gasteiger partial charge is 0.302 e. The molecule has 1 atom stereocenters. The number of hydrogen-bond donors (Lipinski definition) is 1.